The van der Waals surface area contributed by atoms with Crippen LogP contribution in [0.5, 0.6) is 5.75 Å². The summed E-state index contributed by atoms with van der Waals surface area (Å²) in [7, 11) is -2.71. The van der Waals surface area contributed by atoms with Crippen LogP contribution in [0.3, 0.4) is 0 Å². The van der Waals surface area contributed by atoms with Gasteiger partial charge in [0, 0.05) is 31.1 Å². The zero-order valence-electron chi connectivity index (χ0n) is 23.0. The van der Waals surface area contributed by atoms with Gasteiger partial charge >= 0.3 is 6.03 Å². The van der Waals surface area contributed by atoms with Crippen LogP contribution in [0.1, 0.15) is 16.7 Å². The first-order chi connectivity index (χ1) is 20.2. The molecule has 216 valence electrons. The summed E-state index contributed by atoms with van der Waals surface area (Å²) in [6.45, 7) is 0.446. The molecule has 0 saturated heterocycles. The fourth-order valence-corrected chi connectivity index (χ4v) is 6.03. The molecule has 1 atom stereocenters. The maximum atomic E-state index is 13.7. The molecule has 3 N–H and O–H groups in total. The van der Waals surface area contributed by atoms with Crippen LogP contribution in [0.2, 0.25) is 0 Å². The Bertz CT molecular complexity index is 1690. The number of sulfonamides is 1. The molecular weight excluding hydrogens is 554 g/mol. The Morgan fingerprint density at radius 2 is 1.64 bits per heavy atom. The van der Waals surface area contributed by atoms with Gasteiger partial charge < -0.3 is 20.1 Å². The smallest absolute Gasteiger partial charge is 0.329 e. The van der Waals surface area contributed by atoms with Crippen molar-refractivity contribution in [2.45, 2.75) is 30.4 Å². The summed E-state index contributed by atoms with van der Waals surface area (Å²) in [6, 6.07) is 25.7. The SMILES string of the molecule is CN(C(=O)[C@H](Cc1ccccc1)NC(=O)NS(=O)(=O)c1ccccc1-c1ccc(CO)cc1)c1ccc2c(c1)CCO2. The predicted molar refractivity (Wildman–Crippen MR) is 160 cm³/mol. The topological polar surface area (TPSA) is 125 Å². The van der Waals surface area contributed by atoms with E-state index in [4.69, 9.17) is 4.74 Å². The van der Waals surface area contributed by atoms with Crippen LogP contribution >= 0.6 is 0 Å². The van der Waals surface area contributed by atoms with Gasteiger partial charge in [-0.3, -0.25) is 4.79 Å². The Morgan fingerprint density at radius 1 is 0.929 bits per heavy atom. The molecule has 1 aliphatic rings. The van der Waals surface area contributed by atoms with Gasteiger partial charge in [0.25, 0.3) is 10.0 Å². The number of urea groups is 1. The third-order valence-corrected chi connectivity index (χ3v) is 8.52. The standard InChI is InChI=1S/C32H31N3O6S/c1-35(26-15-16-29-25(20-26)17-18-41-29)31(37)28(19-22-7-3-2-4-8-22)33-32(38)34-42(39,40)30-10-6-5-9-27(30)24-13-11-23(21-36)12-14-24/h2-16,20,28,36H,17-19,21H2,1H3,(H2,33,34,38)/t28-/m0/s1. The van der Waals surface area contributed by atoms with Crippen molar-refractivity contribution in [2.75, 3.05) is 18.6 Å². The number of amides is 3. The lowest BCUT2D eigenvalue weighted by Crippen LogP contribution is -2.52. The molecule has 9 nitrogen and oxygen atoms in total. The molecule has 1 aliphatic heterocycles. The summed E-state index contributed by atoms with van der Waals surface area (Å²) in [5, 5.41) is 11.9. The van der Waals surface area contributed by atoms with Crippen LogP contribution in [0.4, 0.5) is 10.5 Å². The van der Waals surface area contributed by atoms with Crippen molar-refractivity contribution in [3.8, 4) is 16.9 Å². The summed E-state index contributed by atoms with van der Waals surface area (Å²) >= 11 is 0. The zero-order valence-corrected chi connectivity index (χ0v) is 23.8. The summed E-state index contributed by atoms with van der Waals surface area (Å²) in [6.07, 6.45) is 0.892. The maximum absolute atomic E-state index is 13.7. The second kappa shape index (κ2) is 12.5. The van der Waals surface area contributed by atoms with Gasteiger partial charge in [0.1, 0.15) is 11.8 Å². The fraction of sp³-hybridized carbons (Fsp3) is 0.188. The van der Waals surface area contributed by atoms with E-state index in [1.54, 1.807) is 55.6 Å². The highest BCUT2D eigenvalue weighted by Crippen LogP contribution is 2.30. The van der Waals surface area contributed by atoms with E-state index in [1.165, 1.54) is 11.0 Å². The number of benzene rings is 4. The number of hydrogen-bond acceptors (Lipinski definition) is 6. The molecule has 0 radical (unpaired) electrons. The molecule has 4 aromatic carbocycles. The first-order valence-electron chi connectivity index (χ1n) is 13.4. The Labute approximate surface area is 244 Å². The number of carbonyl (C=O) groups excluding carboxylic acids is 2. The summed E-state index contributed by atoms with van der Waals surface area (Å²) in [5.74, 6) is 0.377. The van der Waals surface area contributed by atoms with Gasteiger partial charge in [-0.15, -0.1) is 0 Å². The summed E-state index contributed by atoms with van der Waals surface area (Å²) in [4.78, 5) is 28.2. The van der Waals surface area contributed by atoms with E-state index in [-0.39, 0.29) is 17.9 Å². The Balaban J connectivity index is 1.37. The number of rotatable bonds is 9. The van der Waals surface area contributed by atoms with E-state index >= 15 is 0 Å². The van der Waals surface area contributed by atoms with Crippen molar-refractivity contribution >= 4 is 27.6 Å². The molecule has 0 unspecified atom stereocenters. The molecule has 0 spiro atoms. The van der Waals surface area contributed by atoms with E-state index in [9.17, 15) is 23.1 Å². The third-order valence-electron chi connectivity index (χ3n) is 7.13. The minimum Gasteiger partial charge on any atom is -0.493 e. The van der Waals surface area contributed by atoms with Crippen molar-refractivity contribution in [2.24, 2.45) is 0 Å². The number of anilines is 1. The average molecular weight is 586 g/mol. The highest BCUT2D eigenvalue weighted by atomic mass is 32.2. The molecule has 42 heavy (non-hydrogen) atoms. The molecule has 0 fully saturated rings. The molecule has 4 aromatic rings. The number of fused-ring (bicyclic) bond motifs is 1. The highest BCUT2D eigenvalue weighted by Gasteiger charge is 2.29. The molecule has 5 rings (SSSR count). The van der Waals surface area contributed by atoms with Gasteiger partial charge in [0.15, 0.2) is 0 Å². The molecule has 0 aromatic heterocycles. The van der Waals surface area contributed by atoms with Gasteiger partial charge in [-0.05, 0) is 46.5 Å². The van der Waals surface area contributed by atoms with Crippen LogP contribution in [-0.4, -0.2) is 45.2 Å². The van der Waals surface area contributed by atoms with Crippen LogP contribution in [-0.2, 0) is 34.3 Å². The third kappa shape index (κ3) is 6.45. The lowest BCUT2D eigenvalue weighted by molar-refractivity contribution is -0.120. The van der Waals surface area contributed by atoms with Crippen molar-refractivity contribution in [3.05, 3.63) is 114 Å². The maximum Gasteiger partial charge on any atom is 0.329 e. The van der Waals surface area contributed by atoms with Crippen molar-refractivity contribution < 1.29 is 27.9 Å². The second-order valence-electron chi connectivity index (χ2n) is 9.96. The number of hydrogen-bond donors (Lipinski definition) is 3. The van der Waals surface area contributed by atoms with Gasteiger partial charge in [-0.1, -0.05) is 72.8 Å². The minimum atomic E-state index is -4.33. The van der Waals surface area contributed by atoms with Gasteiger partial charge in [0.05, 0.1) is 18.1 Å². The summed E-state index contributed by atoms with van der Waals surface area (Å²) < 4.78 is 34.5. The van der Waals surface area contributed by atoms with Crippen LogP contribution in [0.25, 0.3) is 11.1 Å². The zero-order chi connectivity index (χ0) is 29.7. The van der Waals surface area contributed by atoms with E-state index in [1.807, 2.05) is 42.5 Å². The normalized spacial score (nSPS) is 13.0. The Morgan fingerprint density at radius 3 is 2.38 bits per heavy atom. The van der Waals surface area contributed by atoms with Crippen molar-refractivity contribution in [1.29, 1.82) is 0 Å². The first-order valence-corrected chi connectivity index (χ1v) is 14.9. The molecule has 3 amide bonds. The van der Waals surface area contributed by atoms with Gasteiger partial charge in [-0.25, -0.2) is 17.9 Å². The number of nitrogens with one attached hydrogen (secondary N) is 2. The monoisotopic (exact) mass is 585 g/mol. The lowest BCUT2D eigenvalue weighted by atomic mass is 10.0. The van der Waals surface area contributed by atoms with E-state index < -0.39 is 28.0 Å². The highest BCUT2D eigenvalue weighted by molar-refractivity contribution is 7.90. The van der Waals surface area contributed by atoms with E-state index in [0.717, 1.165) is 23.3 Å². The predicted octanol–water partition coefficient (Wildman–Crippen LogP) is 4.04. The molecule has 1 heterocycles. The average Bonchev–Trinajstić information content (AvgIpc) is 3.48. The summed E-state index contributed by atoms with van der Waals surface area (Å²) in [5.41, 5.74) is 4.11. The number of carbonyl (C=O) groups is 2. The van der Waals surface area contributed by atoms with Gasteiger partial charge in [0.2, 0.25) is 5.91 Å². The Hall–Kier alpha value is -4.67. The number of likely N-dealkylation sites (N-methyl/N-ethyl adjacent to an activating group) is 1. The van der Waals surface area contributed by atoms with Crippen LogP contribution in [0, 0.1) is 0 Å². The van der Waals surface area contributed by atoms with E-state index in [0.29, 0.717) is 29.0 Å². The van der Waals surface area contributed by atoms with Crippen LogP contribution in [0.15, 0.2) is 102 Å². The molecule has 0 aliphatic carbocycles. The largest absolute Gasteiger partial charge is 0.493 e. The first kappa shape index (κ1) is 28.8. The van der Waals surface area contributed by atoms with Crippen LogP contribution < -0.4 is 19.7 Å². The van der Waals surface area contributed by atoms with Gasteiger partial charge in [-0.2, -0.15) is 0 Å². The van der Waals surface area contributed by atoms with E-state index in [2.05, 4.69) is 10.0 Å². The number of nitrogens with zero attached hydrogens (tertiary/aromatic N) is 1. The molecule has 0 saturated carbocycles. The fourth-order valence-electron chi connectivity index (χ4n) is 4.89. The van der Waals surface area contributed by atoms with Crippen molar-refractivity contribution in [3.63, 3.8) is 0 Å². The number of ether oxygens (including phenoxy) is 1. The molecule has 10 heteroatoms. The minimum absolute atomic E-state index is 0.0969. The molecule has 0 bridgehead atoms. The van der Waals surface area contributed by atoms with Crippen molar-refractivity contribution in [1.82, 2.24) is 10.0 Å². The lowest BCUT2D eigenvalue weighted by Gasteiger charge is -2.25. The quantitative estimate of drug-likeness (QED) is 0.272. The number of aliphatic hydroxyl groups is 1. The molecular formula is C32H31N3O6S. The second-order valence-corrected chi connectivity index (χ2v) is 11.6. The number of aliphatic hydroxyl groups excluding tert-OH is 1. The Kier molecular flexibility index (Phi) is 8.56.